The number of hydrogen-bond donors (Lipinski definition) is 2. The van der Waals surface area contributed by atoms with Gasteiger partial charge in [0, 0.05) is 5.69 Å². The number of nitrogens with zero attached hydrogens (tertiary/aromatic N) is 1. The first-order valence-corrected chi connectivity index (χ1v) is 5.49. The van der Waals surface area contributed by atoms with Crippen LogP contribution in [0.15, 0.2) is 12.1 Å². The number of pyridine rings is 1. The largest absolute Gasteiger partial charge is 0.383 e. The van der Waals surface area contributed by atoms with E-state index in [1.165, 1.54) is 5.56 Å². The summed E-state index contributed by atoms with van der Waals surface area (Å²) in [6, 6.07) is 4.03. The zero-order chi connectivity index (χ0) is 10.9. The van der Waals surface area contributed by atoms with E-state index < -0.39 is 5.60 Å². The maximum Gasteiger partial charge on any atom is 0.109 e. The molecule has 0 spiro atoms. The lowest BCUT2D eigenvalue weighted by Crippen LogP contribution is -2.40. The van der Waals surface area contributed by atoms with E-state index in [-0.39, 0.29) is 0 Å². The molecule has 0 amide bonds. The molecule has 2 rings (SSSR count). The Morgan fingerprint density at radius 2 is 1.93 bits per heavy atom. The van der Waals surface area contributed by atoms with Crippen molar-refractivity contribution in [2.24, 2.45) is 0 Å². The molecule has 2 N–H and O–H groups in total. The molecule has 15 heavy (non-hydrogen) atoms. The standard InChI is InChI=1S/C12H18N2O/c1-9-7-10(2)14-11(8-9)12(15)3-5-13-6-4-12/h7-8,13,15H,3-6H2,1-2H3. The highest BCUT2D eigenvalue weighted by Crippen LogP contribution is 2.29. The van der Waals surface area contributed by atoms with Crippen LogP contribution in [0.1, 0.15) is 29.8 Å². The maximum atomic E-state index is 10.5. The maximum absolute atomic E-state index is 10.5. The summed E-state index contributed by atoms with van der Waals surface area (Å²) in [5, 5.41) is 13.7. The third kappa shape index (κ3) is 2.19. The summed E-state index contributed by atoms with van der Waals surface area (Å²) < 4.78 is 0. The molecule has 3 nitrogen and oxygen atoms in total. The van der Waals surface area contributed by atoms with Gasteiger partial charge in [-0.15, -0.1) is 0 Å². The lowest BCUT2D eigenvalue weighted by Gasteiger charge is -2.32. The Labute approximate surface area is 90.5 Å². The molecule has 1 aromatic rings. The van der Waals surface area contributed by atoms with Gasteiger partial charge in [-0.2, -0.15) is 0 Å². The Morgan fingerprint density at radius 3 is 2.53 bits per heavy atom. The molecule has 82 valence electrons. The summed E-state index contributed by atoms with van der Waals surface area (Å²) in [5.41, 5.74) is 2.27. The first-order valence-electron chi connectivity index (χ1n) is 5.49. The topological polar surface area (TPSA) is 45.2 Å². The van der Waals surface area contributed by atoms with Gasteiger partial charge in [-0.1, -0.05) is 0 Å². The molecule has 1 aromatic heterocycles. The van der Waals surface area contributed by atoms with Crippen LogP contribution >= 0.6 is 0 Å². The second kappa shape index (κ2) is 3.91. The Morgan fingerprint density at radius 1 is 1.27 bits per heavy atom. The lowest BCUT2D eigenvalue weighted by atomic mass is 9.88. The van der Waals surface area contributed by atoms with Gasteiger partial charge in [-0.3, -0.25) is 4.98 Å². The Bertz CT molecular complexity index is 336. The minimum absolute atomic E-state index is 0.720. The fraction of sp³-hybridized carbons (Fsp3) is 0.583. The van der Waals surface area contributed by atoms with Gasteiger partial charge in [0.15, 0.2) is 0 Å². The molecule has 0 radical (unpaired) electrons. The fourth-order valence-corrected chi connectivity index (χ4v) is 2.18. The number of rotatable bonds is 1. The molecule has 0 atom stereocenters. The van der Waals surface area contributed by atoms with Gasteiger partial charge in [0.05, 0.1) is 5.69 Å². The van der Waals surface area contributed by atoms with E-state index in [9.17, 15) is 5.11 Å². The highest BCUT2D eigenvalue weighted by atomic mass is 16.3. The predicted molar refractivity (Wildman–Crippen MR) is 59.7 cm³/mol. The molecular formula is C12H18N2O. The van der Waals surface area contributed by atoms with E-state index in [1.54, 1.807) is 0 Å². The molecule has 0 aromatic carbocycles. The van der Waals surface area contributed by atoms with Crippen molar-refractivity contribution in [2.75, 3.05) is 13.1 Å². The highest BCUT2D eigenvalue weighted by molar-refractivity contribution is 5.24. The molecule has 1 aliphatic rings. The lowest BCUT2D eigenvalue weighted by molar-refractivity contribution is 0.00170. The van der Waals surface area contributed by atoms with Gasteiger partial charge < -0.3 is 10.4 Å². The summed E-state index contributed by atoms with van der Waals surface area (Å²) >= 11 is 0. The number of nitrogens with one attached hydrogen (secondary N) is 1. The molecule has 1 saturated heterocycles. The van der Waals surface area contributed by atoms with Crippen LogP contribution in [0, 0.1) is 13.8 Å². The van der Waals surface area contributed by atoms with Crippen LogP contribution in [0.3, 0.4) is 0 Å². The van der Waals surface area contributed by atoms with E-state index in [0.29, 0.717) is 0 Å². The zero-order valence-electron chi connectivity index (χ0n) is 9.38. The van der Waals surface area contributed by atoms with Gasteiger partial charge in [-0.05, 0) is 57.5 Å². The summed E-state index contributed by atoms with van der Waals surface area (Å²) in [6.07, 6.45) is 1.51. The van der Waals surface area contributed by atoms with Crippen molar-refractivity contribution in [1.82, 2.24) is 10.3 Å². The quantitative estimate of drug-likeness (QED) is 0.727. The van der Waals surface area contributed by atoms with E-state index in [4.69, 9.17) is 0 Å². The summed E-state index contributed by atoms with van der Waals surface area (Å²) in [5.74, 6) is 0. The van der Waals surface area contributed by atoms with Crippen molar-refractivity contribution in [3.05, 3.63) is 29.1 Å². The zero-order valence-corrected chi connectivity index (χ0v) is 9.38. The first-order chi connectivity index (χ1) is 7.10. The molecule has 0 saturated carbocycles. The van der Waals surface area contributed by atoms with Crippen LogP contribution in [-0.4, -0.2) is 23.2 Å². The molecule has 0 unspecified atom stereocenters. The van der Waals surface area contributed by atoms with Gasteiger partial charge in [0.2, 0.25) is 0 Å². The second-order valence-electron chi connectivity index (χ2n) is 4.45. The molecule has 3 heteroatoms. The van der Waals surface area contributed by atoms with Crippen LogP contribution in [0.5, 0.6) is 0 Å². The summed E-state index contributed by atoms with van der Waals surface area (Å²) in [6.45, 7) is 5.75. The molecule has 2 heterocycles. The van der Waals surface area contributed by atoms with Crippen LogP contribution in [0.25, 0.3) is 0 Å². The average molecular weight is 206 g/mol. The van der Waals surface area contributed by atoms with Crippen molar-refractivity contribution >= 4 is 0 Å². The van der Waals surface area contributed by atoms with Crippen molar-refractivity contribution in [2.45, 2.75) is 32.3 Å². The number of piperidine rings is 1. The van der Waals surface area contributed by atoms with Crippen molar-refractivity contribution in [3.8, 4) is 0 Å². The number of aromatic nitrogens is 1. The van der Waals surface area contributed by atoms with E-state index in [0.717, 1.165) is 37.3 Å². The minimum Gasteiger partial charge on any atom is -0.383 e. The van der Waals surface area contributed by atoms with Gasteiger partial charge >= 0.3 is 0 Å². The van der Waals surface area contributed by atoms with Gasteiger partial charge in [0.1, 0.15) is 5.60 Å². The smallest absolute Gasteiger partial charge is 0.109 e. The van der Waals surface area contributed by atoms with E-state index in [2.05, 4.69) is 10.3 Å². The molecule has 0 aliphatic carbocycles. The third-order valence-electron chi connectivity index (χ3n) is 3.01. The molecule has 0 bridgehead atoms. The fourth-order valence-electron chi connectivity index (χ4n) is 2.18. The SMILES string of the molecule is Cc1cc(C)nc(C2(O)CCNCC2)c1. The number of aryl methyl sites for hydroxylation is 2. The monoisotopic (exact) mass is 206 g/mol. The third-order valence-corrected chi connectivity index (χ3v) is 3.01. The van der Waals surface area contributed by atoms with E-state index >= 15 is 0 Å². The molecular weight excluding hydrogens is 188 g/mol. The van der Waals surface area contributed by atoms with Gasteiger partial charge in [-0.25, -0.2) is 0 Å². The Hall–Kier alpha value is -0.930. The van der Waals surface area contributed by atoms with Gasteiger partial charge in [0.25, 0.3) is 0 Å². The summed E-state index contributed by atoms with van der Waals surface area (Å²) in [4.78, 5) is 4.45. The van der Waals surface area contributed by atoms with Crippen LogP contribution in [-0.2, 0) is 5.60 Å². The average Bonchev–Trinajstić information content (AvgIpc) is 2.17. The second-order valence-corrected chi connectivity index (χ2v) is 4.45. The van der Waals surface area contributed by atoms with Crippen LogP contribution < -0.4 is 5.32 Å². The van der Waals surface area contributed by atoms with Crippen molar-refractivity contribution in [1.29, 1.82) is 0 Å². The minimum atomic E-state index is -0.720. The molecule has 1 aliphatic heterocycles. The van der Waals surface area contributed by atoms with Crippen LogP contribution in [0.4, 0.5) is 0 Å². The van der Waals surface area contributed by atoms with E-state index in [1.807, 2.05) is 26.0 Å². The Balaban J connectivity index is 2.34. The number of aliphatic hydroxyl groups is 1. The number of hydrogen-bond acceptors (Lipinski definition) is 3. The summed E-state index contributed by atoms with van der Waals surface area (Å²) in [7, 11) is 0. The van der Waals surface area contributed by atoms with Crippen LogP contribution in [0.2, 0.25) is 0 Å². The molecule has 1 fully saturated rings. The predicted octanol–water partition coefficient (Wildman–Crippen LogP) is 1.27. The van der Waals surface area contributed by atoms with Crippen molar-refractivity contribution < 1.29 is 5.11 Å². The normalized spacial score (nSPS) is 20.2. The Kier molecular flexibility index (Phi) is 2.76. The highest BCUT2D eigenvalue weighted by Gasteiger charge is 2.32. The van der Waals surface area contributed by atoms with Crippen molar-refractivity contribution in [3.63, 3.8) is 0 Å². The first kappa shape index (κ1) is 10.6.